The number of halogens is 1. The molecule has 0 saturated heterocycles. The van der Waals surface area contributed by atoms with Crippen LogP contribution in [0.25, 0.3) is 0 Å². The average Bonchev–Trinajstić information content (AvgIpc) is 2.52. The van der Waals surface area contributed by atoms with Crippen molar-refractivity contribution < 1.29 is 9.50 Å². The van der Waals surface area contributed by atoms with Crippen LogP contribution in [0.2, 0.25) is 0 Å². The minimum atomic E-state index is -0.371. The molecule has 3 N–H and O–H groups in total. The van der Waals surface area contributed by atoms with E-state index in [1.54, 1.807) is 18.4 Å². The molecule has 0 radical (unpaired) electrons. The summed E-state index contributed by atoms with van der Waals surface area (Å²) in [7, 11) is 0. The Hall–Kier alpha value is -1.78. The smallest absolute Gasteiger partial charge is 0.183 e. The van der Waals surface area contributed by atoms with Gasteiger partial charge in [0.25, 0.3) is 0 Å². The second-order valence-electron chi connectivity index (χ2n) is 5.14. The highest BCUT2D eigenvalue weighted by atomic mass is 32.2. The monoisotopic (exact) mass is 322 g/mol. The number of benzene rings is 1. The maximum absolute atomic E-state index is 14.1. The van der Waals surface area contributed by atoms with Gasteiger partial charge < -0.3 is 10.4 Å². The standard InChI is InChI=1S/C15H19FN4OS/c1-22-15(18-9-17)20-13-4-2-3-12(16)14(13)19-10-5-7-11(21)8-6-10/h2-4,10-11,19,21H,5-8H2,1H3,(H,18,20). The summed E-state index contributed by atoms with van der Waals surface area (Å²) in [6, 6.07) is 4.80. The van der Waals surface area contributed by atoms with E-state index in [-0.39, 0.29) is 18.0 Å². The fraction of sp³-hybridized carbons (Fsp3) is 0.467. The van der Waals surface area contributed by atoms with Crippen molar-refractivity contribution in [1.82, 2.24) is 5.32 Å². The molecule has 2 rings (SSSR count). The molecule has 0 bridgehead atoms. The Labute approximate surface area is 133 Å². The van der Waals surface area contributed by atoms with Gasteiger partial charge in [-0.15, -0.1) is 0 Å². The lowest BCUT2D eigenvalue weighted by atomic mass is 9.93. The molecule has 0 amide bonds. The predicted octanol–water partition coefficient (Wildman–Crippen LogP) is 2.96. The number of nitrogens with zero attached hydrogens (tertiary/aromatic N) is 2. The van der Waals surface area contributed by atoms with Crippen molar-refractivity contribution in [2.75, 3.05) is 11.6 Å². The number of aliphatic hydroxyl groups is 1. The van der Waals surface area contributed by atoms with Crippen LogP contribution in [-0.4, -0.2) is 28.7 Å². The number of thioether (sulfide) groups is 1. The van der Waals surface area contributed by atoms with Crippen LogP contribution < -0.4 is 10.6 Å². The molecule has 0 aliphatic heterocycles. The Morgan fingerprint density at radius 3 is 2.77 bits per heavy atom. The number of amidine groups is 1. The summed E-state index contributed by atoms with van der Waals surface area (Å²) < 4.78 is 14.1. The van der Waals surface area contributed by atoms with Crippen LogP contribution in [0.15, 0.2) is 23.2 Å². The topological polar surface area (TPSA) is 80.4 Å². The van der Waals surface area contributed by atoms with Crippen molar-refractivity contribution in [2.45, 2.75) is 37.8 Å². The Morgan fingerprint density at radius 1 is 1.41 bits per heavy atom. The van der Waals surface area contributed by atoms with Gasteiger partial charge in [0.2, 0.25) is 0 Å². The van der Waals surface area contributed by atoms with Gasteiger partial charge in [-0.1, -0.05) is 17.8 Å². The van der Waals surface area contributed by atoms with Crippen LogP contribution in [-0.2, 0) is 0 Å². The SMILES string of the molecule is CSC(=Nc1cccc(F)c1NC1CCC(O)CC1)NC#N. The summed E-state index contributed by atoms with van der Waals surface area (Å²) in [5.41, 5.74) is 0.799. The minimum Gasteiger partial charge on any atom is -0.393 e. The fourth-order valence-electron chi connectivity index (χ4n) is 2.45. The quantitative estimate of drug-likeness (QED) is 0.345. The van der Waals surface area contributed by atoms with Gasteiger partial charge in [-0.25, -0.2) is 9.38 Å². The number of para-hydroxylation sites is 1. The van der Waals surface area contributed by atoms with Gasteiger partial charge in [-0.2, -0.15) is 5.26 Å². The van der Waals surface area contributed by atoms with Crippen LogP contribution in [0.1, 0.15) is 25.7 Å². The third-order valence-corrected chi connectivity index (χ3v) is 4.20. The van der Waals surface area contributed by atoms with E-state index in [4.69, 9.17) is 5.26 Å². The first-order chi connectivity index (χ1) is 10.6. The molecule has 0 aromatic heterocycles. The number of hydrogen-bond donors (Lipinski definition) is 3. The van der Waals surface area contributed by atoms with Gasteiger partial charge in [0.15, 0.2) is 11.4 Å². The zero-order valence-corrected chi connectivity index (χ0v) is 13.2. The molecule has 1 saturated carbocycles. The van der Waals surface area contributed by atoms with E-state index >= 15 is 0 Å². The summed E-state index contributed by atoms with van der Waals surface area (Å²) in [4.78, 5) is 4.30. The first-order valence-corrected chi connectivity index (χ1v) is 8.37. The summed E-state index contributed by atoms with van der Waals surface area (Å²) in [6.45, 7) is 0. The number of rotatable bonds is 3. The van der Waals surface area contributed by atoms with E-state index in [0.29, 0.717) is 16.5 Å². The summed E-state index contributed by atoms with van der Waals surface area (Å²) in [5, 5.41) is 24.3. The van der Waals surface area contributed by atoms with Gasteiger partial charge in [-0.3, -0.25) is 5.32 Å². The summed E-state index contributed by atoms with van der Waals surface area (Å²) in [5.74, 6) is -0.371. The fourth-order valence-corrected chi connectivity index (χ4v) is 2.79. The van der Waals surface area contributed by atoms with E-state index < -0.39 is 0 Å². The first-order valence-electron chi connectivity index (χ1n) is 7.15. The number of nitriles is 1. The molecule has 22 heavy (non-hydrogen) atoms. The van der Waals surface area contributed by atoms with Crippen LogP contribution in [0.3, 0.4) is 0 Å². The van der Waals surface area contributed by atoms with Gasteiger partial charge in [-0.05, 0) is 44.1 Å². The second kappa shape index (κ2) is 8.01. The number of hydrogen-bond acceptors (Lipinski definition) is 5. The highest BCUT2D eigenvalue weighted by Crippen LogP contribution is 2.31. The zero-order valence-electron chi connectivity index (χ0n) is 12.3. The number of aliphatic hydroxyl groups excluding tert-OH is 1. The number of anilines is 1. The van der Waals surface area contributed by atoms with Gasteiger partial charge in [0.05, 0.1) is 17.5 Å². The van der Waals surface area contributed by atoms with Crippen molar-refractivity contribution in [2.24, 2.45) is 4.99 Å². The van der Waals surface area contributed by atoms with Crippen molar-refractivity contribution in [1.29, 1.82) is 5.26 Å². The molecule has 1 aromatic rings. The lowest BCUT2D eigenvalue weighted by Gasteiger charge is -2.27. The molecule has 118 valence electrons. The molecule has 1 aliphatic rings. The van der Waals surface area contributed by atoms with Crippen LogP contribution in [0.4, 0.5) is 15.8 Å². The maximum Gasteiger partial charge on any atom is 0.183 e. The lowest BCUT2D eigenvalue weighted by Crippen LogP contribution is -2.28. The van der Waals surface area contributed by atoms with E-state index in [2.05, 4.69) is 15.6 Å². The van der Waals surface area contributed by atoms with Crippen molar-refractivity contribution >= 4 is 28.3 Å². The zero-order chi connectivity index (χ0) is 15.9. The van der Waals surface area contributed by atoms with Crippen LogP contribution in [0.5, 0.6) is 0 Å². The number of nitrogens with one attached hydrogen (secondary N) is 2. The molecule has 0 heterocycles. The van der Waals surface area contributed by atoms with Gasteiger partial charge in [0, 0.05) is 6.04 Å². The Balaban J connectivity index is 2.21. The van der Waals surface area contributed by atoms with Crippen LogP contribution >= 0.6 is 11.8 Å². The van der Waals surface area contributed by atoms with Gasteiger partial charge >= 0.3 is 0 Å². The van der Waals surface area contributed by atoms with E-state index in [9.17, 15) is 9.50 Å². The molecule has 0 spiro atoms. The van der Waals surface area contributed by atoms with Crippen molar-refractivity contribution in [3.05, 3.63) is 24.0 Å². The highest BCUT2D eigenvalue weighted by molar-refractivity contribution is 8.13. The number of aliphatic imine (C=N–C) groups is 1. The van der Waals surface area contributed by atoms with Crippen molar-refractivity contribution in [3.8, 4) is 6.19 Å². The first kappa shape index (κ1) is 16.6. The summed E-state index contributed by atoms with van der Waals surface area (Å²) in [6.07, 6.45) is 6.38. The molecule has 1 aromatic carbocycles. The maximum atomic E-state index is 14.1. The average molecular weight is 322 g/mol. The lowest BCUT2D eigenvalue weighted by molar-refractivity contribution is 0.126. The van der Waals surface area contributed by atoms with Gasteiger partial charge in [0.1, 0.15) is 5.82 Å². The largest absolute Gasteiger partial charge is 0.393 e. The van der Waals surface area contributed by atoms with E-state index in [1.165, 1.54) is 17.8 Å². The van der Waals surface area contributed by atoms with E-state index in [0.717, 1.165) is 25.7 Å². The highest BCUT2D eigenvalue weighted by Gasteiger charge is 2.21. The Morgan fingerprint density at radius 2 is 2.14 bits per heavy atom. The molecule has 1 aliphatic carbocycles. The normalized spacial score (nSPS) is 22.0. The molecular weight excluding hydrogens is 303 g/mol. The summed E-state index contributed by atoms with van der Waals surface area (Å²) >= 11 is 1.28. The molecule has 5 nitrogen and oxygen atoms in total. The Bertz CT molecular complexity index is 579. The molecule has 7 heteroatoms. The molecule has 0 unspecified atom stereocenters. The van der Waals surface area contributed by atoms with Crippen molar-refractivity contribution in [3.63, 3.8) is 0 Å². The molecule has 1 fully saturated rings. The minimum absolute atomic E-state index is 0.121. The third-order valence-electron chi connectivity index (χ3n) is 3.61. The Kier molecular flexibility index (Phi) is 6.04. The van der Waals surface area contributed by atoms with Crippen LogP contribution in [0, 0.1) is 17.3 Å². The molecular formula is C15H19FN4OS. The predicted molar refractivity (Wildman–Crippen MR) is 87.6 cm³/mol. The molecule has 0 atom stereocenters. The third kappa shape index (κ3) is 4.36. The second-order valence-corrected chi connectivity index (χ2v) is 5.94. The van der Waals surface area contributed by atoms with E-state index in [1.807, 2.05) is 6.19 Å².